The Morgan fingerprint density at radius 1 is 1.15 bits per heavy atom. The van der Waals surface area contributed by atoms with Crippen LogP contribution in [0.5, 0.6) is 0 Å². The fourth-order valence-electron chi connectivity index (χ4n) is 3.15. The Kier molecular flexibility index (Phi) is 5.49. The zero-order chi connectivity index (χ0) is 14.5. The topological polar surface area (TPSA) is 38.0 Å². The summed E-state index contributed by atoms with van der Waals surface area (Å²) in [6.07, 6.45) is 8.12. The predicted octanol–water partition coefficient (Wildman–Crippen LogP) is 4.14. The Bertz CT molecular complexity index is 440. The van der Waals surface area contributed by atoms with Crippen LogP contribution in [0.4, 0.5) is 8.78 Å². The molecule has 0 aliphatic heterocycles. The van der Waals surface area contributed by atoms with Gasteiger partial charge in [0.25, 0.3) is 0 Å². The van der Waals surface area contributed by atoms with E-state index in [1.807, 2.05) is 0 Å². The standard InChI is InChI=1S/C16H24F2N2/c1-11-8-9-13(16(18)15(11)17)14(20-19)10-12-6-4-2-3-5-7-12/h8-9,12,14,20H,2-7,10,19H2,1H3. The highest BCUT2D eigenvalue weighted by Gasteiger charge is 2.23. The Balaban J connectivity index is 2.13. The number of rotatable bonds is 4. The molecule has 1 aliphatic carbocycles. The number of hydrogen-bond donors (Lipinski definition) is 2. The number of aryl methyl sites for hydroxylation is 1. The lowest BCUT2D eigenvalue weighted by Crippen LogP contribution is -2.30. The van der Waals surface area contributed by atoms with Gasteiger partial charge in [-0.2, -0.15) is 0 Å². The van der Waals surface area contributed by atoms with Gasteiger partial charge in [0.05, 0.1) is 0 Å². The van der Waals surface area contributed by atoms with Crippen molar-refractivity contribution in [3.8, 4) is 0 Å². The van der Waals surface area contributed by atoms with Crippen LogP contribution in [-0.2, 0) is 0 Å². The minimum absolute atomic E-state index is 0.312. The maximum Gasteiger partial charge on any atom is 0.163 e. The molecule has 0 aromatic heterocycles. The summed E-state index contributed by atoms with van der Waals surface area (Å²) in [6, 6.07) is 2.95. The Hall–Kier alpha value is -1.00. The van der Waals surface area contributed by atoms with E-state index in [-0.39, 0.29) is 6.04 Å². The number of benzene rings is 1. The van der Waals surface area contributed by atoms with Crippen molar-refractivity contribution in [1.82, 2.24) is 5.43 Å². The van der Waals surface area contributed by atoms with Crippen molar-refractivity contribution in [3.63, 3.8) is 0 Å². The van der Waals surface area contributed by atoms with Gasteiger partial charge in [-0.3, -0.25) is 11.3 Å². The Morgan fingerprint density at radius 2 is 1.80 bits per heavy atom. The van der Waals surface area contributed by atoms with Gasteiger partial charge in [-0.15, -0.1) is 0 Å². The van der Waals surface area contributed by atoms with Crippen LogP contribution in [0.15, 0.2) is 12.1 Å². The van der Waals surface area contributed by atoms with Crippen LogP contribution in [0.2, 0.25) is 0 Å². The molecule has 0 heterocycles. The molecule has 1 aromatic rings. The van der Waals surface area contributed by atoms with Gasteiger partial charge in [0, 0.05) is 11.6 Å². The maximum absolute atomic E-state index is 14.1. The third kappa shape index (κ3) is 3.55. The first kappa shape index (κ1) is 15.4. The van der Waals surface area contributed by atoms with Gasteiger partial charge in [-0.05, 0) is 24.8 Å². The lowest BCUT2D eigenvalue weighted by Gasteiger charge is -2.23. The van der Waals surface area contributed by atoms with E-state index in [0.29, 0.717) is 17.0 Å². The summed E-state index contributed by atoms with van der Waals surface area (Å²) >= 11 is 0. The van der Waals surface area contributed by atoms with Crippen molar-refractivity contribution in [3.05, 3.63) is 34.9 Å². The van der Waals surface area contributed by atoms with E-state index >= 15 is 0 Å². The number of hydrazine groups is 1. The van der Waals surface area contributed by atoms with Gasteiger partial charge in [-0.1, -0.05) is 50.7 Å². The third-order valence-electron chi connectivity index (χ3n) is 4.43. The highest BCUT2D eigenvalue weighted by molar-refractivity contribution is 5.27. The molecular weight excluding hydrogens is 258 g/mol. The number of nitrogens with two attached hydrogens (primary N) is 1. The normalized spacial score (nSPS) is 18.8. The van der Waals surface area contributed by atoms with Crippen LogP contribution in [0.1, 0.15) is 62.1 Å². The number of halogens is 2. The zero-order valence-corrected chi connectivity index (χ0v) is 12.1. The van der Waals surface area contributed by atoms with Gasteiger partial charge in [0.2, 0.25) is 0 Å². The van der Waals surface area contributed by atoms with Crippen molar-refractivity contribution < 1.29 is 8.78 Å². The number of hydrogen-bond acceptors (Lipinski definition) is 2. The largest absolute Gasteiger partial charge is 0.271 e. The summed E-state index contributed by atoms with van der Waals surface area (Å²) in [5.41, 5.74) is 3.34. The second-order valence-corrected chi connectivity index (χ2v) is 5.91. The summed E-state index contributed by atoms with van der Waals surface area (Å²) in [6.45, 7) is 1.57. The van der Waals surface area contributed by atoms with Crippen molar-refractivity contribution >= 4 is 0 Å². The van der Waals surface area contributed by atoms with Gasteiger partial charge in [-0.25, -0.2) is 8.78 Å². The van der Waals surface area contributed by atoms with Crippen LogP contribution < -0.4 is 11.3 Å². The van der Waals surface area contributed by atoms with Gasteiger partial charge < -0.3 is 0 Å². The smallest absolute Gasteiger partial charge is 0.163 e. The SMILES string of the molecule is Cc1ccc(C(CC2CCCCCC2)NN)c(F)c1F. The average Bonchev–Trinajstić information content (AvgIpc) is 2.71. The quantitative estimate of drug-likeness (QED) is 0.495. The van der Waals surface area contributed by atoms with Crippen LogP contribution in [0.25, 0.3) is 0 Å². The molecule has 4 heteroatoms. The van der Waals surface area contributed by atoms with Crippen molar-refractivity contribution in [2.75, 3.05) is 0 Å². The third-order valence-corrected chi connectivity index (χ3v) is 4.43. The Morgan fingerprint density at radius 3 is 2.40 bits per heavy atom. The van der Waals surface area contributed by atoms with Gasteiger partial charge in [0.15, 0.2) is 11.6 Å². The molecule has 0 amide bonds. The predicted molar refractivity (Wildman–Crippen MR) is 77.0 cm³/mol. The summed E-state index contributed by atoms with van der Waals surface area (Å²) < 4.78 is 27.8. The molecule has 1 aromatic carbocycles. The van der Waals surface area contributed by atoms with Crippen molar-refractivity contribution in [2.45, 2.75) is 57.9 Å². The van der Waals surface area contributed by atoms with Crippen LogP contribution >= 0.6 is 0 Å². The molecule has 20 heavy (non-hydrogen) atoms. The summed E-state index contributed by atoms with van der Waals surface area (Å²) in [5, 5.41) is 0. The average molecular weight is 282 g/mol. The van der Waals surface area contributed by atoms with Crippen LogP contribution in [0.3, 0.4) is 0 Å². The lowest BCUT2D eigenvalue weighted by atomic mass is 9.89. The number of nitrogens with one attached hydrogen (secondary N) is 1. The molecule has 1 aliphatic rings. The van der Waals surface area contributed by atoms with Crippen LogP contribution in [0, 0.1) is 24.5 Å². The molecule has 3 N–H and O–H groups in total. The molecule has 1 saturated carbocycles. The van der Waals surface area contributed by atoms with E-state index in [4.69, 9.17) is 5.84 Å². The van der Waals surface area contributed by atoms with Gasteiger partial charge >= 0.3 is 0 Å². The van der Waals surface area contributed by atoms with E-state index in [2.05, 4.69) is 5.43 Å². The molecule has 0 bridgehead atoms. The molecule has 0 spiro atoms. The van der Waals surface area contributed by atoms with Crippen molar-refractivity contribution in [2.24, 2.45) is 11.8 Å². The molecule has 1 atom stereocenters. The highest BCUT2D eigenvalue weighted by Crippen LogP contribution is 2.32. The zero-order valence-electron chi connectivity index (χ0n) is 12.1. The van der Waals surface area contributed by atoms with E-state index in [1.165, 1.54) is 25.7 Å². The molecule has 0 radical (unpaired) electrons. The van der Waals surface area contributed by atoms with E-state index in [1.54, 1.807) is 19.1 Å². The second-order valence-electron chi connectivity index (χ2n) is 5.91. The first-order valence-electron chi connectivity index (χ1n) is 7.54. The Labute approximate surface area is 119 Å². The minimum Gasteiger partial charge on any atom is -0.271 e. The fraction of sp³-hybridized carbons (Fsp3) is 0.625. The monoisotopic (exact) mass is 282 g/mol. The molecule has 0 saturated heterocycles. The molecule has 1 unspecified atom stereocenters. The summed E-state index contributed by atoms with van der Waals surface area (Å²) in [4.78, 5) is 0. The summed E-state index contributed by atoms with van der Waals surface area (Å²) in [7, 11) is 0. The first-order valence-corrected chi connectivity index (χ1v) is 7.54. The van der Waals surface area contributed by atoms with E-state index in [0.717, 1.165) is 19.3 Å². The minimum atomic E-state index is -0.762. The first-order chi connectivity index (χ1) is 9.63. The van der Waals surface area contributed by atoms with E-state index in [9.17, 15) is 8.78 Å². The van der Waals surface area contributed by atoms with E-state index < -0.39 is 11.6 Å². The van der Waals surface area contributed by atoms with Gasteiger partial charge in [0.1, 0.15) is 0 Å². The molecule has 112 valence electrons. The maximum atomic E-state index is 14.1. The molecule has 2 rings (SSSR count). The molecular formula is C16H24F2N2. The second kappa shape index (κ2) is 7.14. The lowest BCUT2D eigenvalue weighted by molar-refractivity contribution is 0.349. The van der Waals surface area contributed by atoms with Crippen LogP contribution in [-0.4, -0.2) is 0 Å². The van der Waals surface area contributed by atoms with Crippen molar-refractivity contribution in [1.29, 1.82) is 0 Å². The fourth-order valence-corrected chi connectivity index (χ4v) is 3.15. The molecule has 1 fully saturated rings. The summed E-state index contributed by atoms with van der Waals surface area (Å²) in [5.74, 6) is 4.60. The molecule has 2 nitrogen and oxygen atoms in total. The highest BCUT2D eigenvalue weighted by atomic mass is 19.2.